The van der Waals surface area contributed by atoms with Crippen molar-refractivity contribution in [2.24, 2.45) is 0 Å². The van der Waals surface area contributed by atoms with E-state index >= 15 is 0 Å². The molecular formula is C35H22N2O. The lowest BCUT2D eigenvalue weighted by atomic mass is 9.98. The first-order chi connectivity index (χ1) is 18.8. The van der Waals surface area contributed by atoms with Crippen molar-refractivity contribution in [1.29, 1.82) is 0 Å². The van der Waals surface area contributed by atoms with Crippen LogP contribution in [0.2, 0.25) is 0 Å². The topological polar surface area (TPSA) is 31.0 Å². The Morgan fingerprint density at radius 2 is 1.16 bits per heavy atom. The van der Waals surface area contributed by atoms with Gasteiger partial charge in [-0.25, -0.2) is 4.98 Å². The van der Waals surface area contributed by atoms with Crippen molar-refractivity contribution in [3.8, 4) is 28.3 Å². The van der Waals surface area contributed by atoms with E-state index in [1.807, 2.05) is 6.07 Å². The lowest BCUT2D eigenvalue weighted by molar-refractivity contribution is 0.620. The Kier molecular flexibility index (Phi) is 4.52. The van der Waals surface area contributed by atoms with Gasteiger partial charge in [0.25, 0.3) is 0 Å². The van der Waals surface area contributed by atoms with Gasteiger partial charge in [-0.3, -0.25) is 0 Å². The zero-order chi connectivity index (χ0) is 25.1. The van der Waals surface area contributed by atoms with Crippen LogP contribution in [0.1, 0.15) is 0 Å². The smallest absolute Gasteiger partial charge is 0.227 e. The van der Waals surface area contributed by atoms with Gasteiger partial charge in [0.15, 0.2) is 5.58 Å². The highest BCUT2D eigenvalue weighted by atomic mass is 16.3. The fourth-order valence-corrected chi connectivity index (χ4v) is 5.65. The second-order valence-corrected chi connectivity index (χ2v) is 9.64. The summed E-state index contributed by atoms with van der Waals surface area (Å²) in [6.45, 7) is 0. The largest absolute Gasteiger partial charge is 0.436 e. The minimum atomic E-state index is 0.629. The minimum Gasteiger partial charge on any atom is -0.436 e. The van der Waals surface area contributed by atoms with Crippen LogP contribution in [0, 0.1) is 0 Å². The van der Waals surface area contributed by atoms with E-state index in [-0.39, 0.29) is 0 Å². The van der Waals surface area contributed by atoms with E-state index in [1.165, 1.54) is 38.1 Å². The average molecular weight is 487 g/mol. The molecule has 0 fully saturated rings. The molecule has 0 atom stereocenters. The van der Waals surface area contributed by atoms with E-state index in [9.17, 15) is 0 Å². The van der Waals surface area contributed by atoms with Crippen LogP contribution in [0.3, 0.4) is 0 Å². The lowest BCUT2D eigenvalue weighted by Crippen LogP contribution is -1.93. The third-order valence-corrected chi connectivity index (χ3v) is 7.44. The standard InChI is InChI=1S/C35H22N2O/c1-2-10-27-23(8-1)9-7-13-28(27)25-18-21-31-34(22-25)38-35(36-31)24-16-19-26(20-17-24)37-32-14-5-3-11-29(32)30-12-4-6-15-33(30)37/h1-22H. The van der Waals surface area contributed by atoms with Crippen LogP contribution in [-0.4, -0.2) is 9.55 Å². The maximum Gasteiger partial charge on any atom is 0.227 e. The fourth-order valence-electron chi connectivity index (χ4n) is 5.65. The summed E-state index contributed by atoms with van der Waals surface area (Å²) in [6.07, 6.45) is 0. The molecule has 3 nitrogen and oxygen atoms in total. The number of para-hydroxylation sites is 2. The summed E-state index contributed by atoms with van der Waals surface area (Å²) in [5, 5.41) is 4.97. The first kappa shape index (κ1) is 21.0. The second kappa shape index (κ2) is 8.19. The van der Waals surface area contributed by atoms with Gasteiger partial charge in [-0.05, 0) is 70.4 Å². The molecule has 0 saturated carbocycles. The fraction of sp³-hybridized carbons (Fsp3) is 0. The van der Waals surface area contributed by atoms with Gasteiger partial charge in [-0.15, -0.1) is 0 Å². The van der Waals surface area contributed by atoms with Crippen LogP contribution in [0.15, 0.2) is 138 Å². The van der Waals surface area contributed by atoms with Gasteiger partial charge in [0.2, 0.25) is 5.89 Å². The van der Waals surface area contributed by atoms with Gasteiger partial charge in [0.05, 0.1) is 11.0 Å². The summed E-state index contributed by atoms with van der Waals surface area (Å²) in [6, 6.07) is 46.7. The van der Waals surface area contributed by atoms with E-state index in [1.54, 1.807) is 0 Å². The van der Waals surface area contributed by atoms with E-state index in [0.717, 1.165) is 27.9 Å². The highest BCUT2D eigenvalue weighted by Gasteiger charge is 2.14. The molecule has 0 amide bonds. The van der Waals surface area contributed by atoms with E-state index < -0.39 is 0 Å². The quantitative estimate of drug-likeness (QED) is 0.249. The maximum absolute atomic E-state index is 6.28. The molecule has 0 N–H and O–H groups in total. The first-order valence-corrected chi connectivity index (χ1v) is 12.8. The minimum absolute atomic E-state index is 0.629. The molecule has 0 spiro atoms. The summed E-state index contributed by atoms with van der Waals surface area (Å²) in [4.78, 5) is 4.80. The summed E-state index contributed by atoms with van der Waals surface area (Å²) in [7, 11) is 0. The first-order valence-electron chi connectivity index (χ1n) is 12.8. The SMILES string of the molecule is c1ccc2c(-c3ccc4nc(-c5ccc(-n6c7ccccc7c7ccccc76)cc5)oc4c3)cccc2c1. The molecule has 178 valence electrons. The predicted octanol–water partition coefficient (Wildman–Crippen LogP) is 9.41. The van der Waals surface area contributed by atoms with Gasteiger partial charge < -0.3 is 8.98 Å². The van der Waals surface area contributed by atoms with E-state index in [4.69, 9.17) is 9.40 Å². The number of nitrogens with zero attached hydrogens (tertiary/aromatic N) is 2. The molecule has 38 heavy (non-hydrogen) atoms. The van der Waals surface area contributed by atoms with Crippen LogP contribution in [0.5, 0.6) is 0 Å². The highest BCUT2D eigenvalue weighted by molar-refractivity contribution is 6.09. The summed E-state index contributed by atoms with van der Waals surface area (Å²) >= 11 is 0. The van der Waals surface area contributed by atoms with Crippen molar-refractivity contribution in [2.75, 3.05) is 0 Å². The third kappa shape index (κ3) is 3.19. The number of rotatable bonds is 3. The number of hydrogen-bond acceptors (Lipinski definition) is 2. The van der Waals surface area contributed by atoms with Crippen molar-refractivity contribution in [3.63, 3.8) is 0 Å². The summed E-state index contributed by atoms with van der Waals surface area (Å²) < 4.78 is 8.60. The molecule has 6 aromatic carbocycles. The zero-order valence-corrected chi connectivity index (χ0v) is 20.5. The molecule has 2 heterocycles. The number of benzene rings is 6. The summed E-state index contributed by atoms with van der Waals surface area (Å²) in [5.41, 5.74) is 8.43. The van der Waals surface area contributed by atoms with Crippen LogP contribution >= 0.6 is 0 Å². The average Bonchev–Trinajstić information content (AvgIpc) is 3.56. The molecule has 3 heteroatoms. The van der Waals surface area contributed by atoms with Crippen molar-refractivity contribution in [1.82, 2.24) is 9.55 Å². The molecule has 0 radical (unpaired) electrons. The normalized spacial score (nSPS) is 11.7. The molecule has 2 aromatic heterocycles. The Balaban J connectivity index is 1.20. The van der Waals surface area contributed by atoms with Gasteiger partial charge in [0, 0.05) is 22.0 Å². The maximum atomic E-state index is 6.28. The lowest BCUT2D eigenvalue weighted by Gasteiger charge is -2.08. The van der Waals surface area contributed by atoms with E-state index in [2.05, 4.69) is 132 Å². The van der Waals surface area contributed by atoms with Gasteiger partial charge >= 0.3 is 0 Å². The second-order valence-electron chi connectivity index (χ2n) is 9.64. The van der Waals surface area contributed by atoms with E-state index in [0.29, 0.717) is 5.89 Å². The third-order valence-electron chi connectivity index (χ3n) is 7.44. The Morgan fingerprint density at radius 3 is 1.92 bits per heavy atom. The van der Waals surface area contributed by atoms with Gasteiger partial charge in [0.1, 0.15) is 5.52 Å². The summed E-state index contributed by atoms with van der Waals surface area (Å²) in [5.74, 6) is 0.629. The molecule has 0 unspecified atom stereocenters. The van der Waals surface area contributed by atoms with Crippen molar-refractivity contribution in [2.45, 2.75) is 0 Å². The van der Waals surface area contributed by atoms with Crippen LogP contribution < -0.4 is 0 Å². The molecular weight excluding hydrogens is 464 g/mol. The molecule has 0 aliphatic heterocycles. The van der Waals surface area contributed by atoms with Crippen LogP contribution in [0.4, 0.5) is 0 Å². The van der Waals surface area contributed by atoms with Crippen molar-refractivity contribution in [3.05, 3.63) is 133 Å². The molecule has 0 bridgehead atoms. The Bertz CT molecular complexity index is 2070. The number of hydrogen-bond donors (Lipinski definition) is 0. The Morgan fingerprint density at radius 1 is 0.526 bits per heavy atom. The zero-order valence-electron chi connectivity index (χ0n) is 20.5. The predicted molar refractivity (Wildman–Crippen MR) is 157 cm³/mol. The monoisotopic (exact) mass is 486 g/mol. The van der Waals surface area contributed by atoms with Gasteiger partial charge in [-0.2, -0.15) is 0 Å². The molecule has 0 saturated heterocycles. The highest BCUT2D eigenvalue weighted by Crippen LogP contribution is 2.34. The van der Waals surface area contributed by atoms with Crippen molar-refractivity contribution < 1.29 is 4.42 Å². The van der Waals surface area contributed by atoms with Crippen LogP contribution in [-0.2, 0) is 0 Å². The molecule has 0 aliphatic carbocycles. The number of fused-ring (bicyclic) bond motifs is 5. The van der Waals surface area contributed by atoms with Gasteiger partial charge in [-0.1, -0.05) is 84.9 Å². The van der Waals surface area contributed by atoms with Crippen LogP contribution in [0.25, 0.3) is 71.9 Å². The Hall–Kier alpha value is -5.15. The molecule has 8 aromatic rings. The molecule has 0 aliphatic rings. The number of oxazole rings is 1. The number of aromatic nitrogens is 2. The van der Waals surface area contributed by atoms with Crippen molar-refractivity contribution >= 4 is 43.7 Å². The molecule has 8 rings (SSSR count). The Labute approximate surface area is 219 Å².